The average Bonchev–Trinajstić information content (AvgIpc) is 3.33. The Hall–Kier alpha value is -4.74. The molecule has 1 aliphatic heterocycles. The molecule has 232 valence electrons. The van der Waals surface area contributed by atoms with Gasteiger partial charge in [-0.05, 0) is 73.0 Å². The van der Waals surface area contributed by atoms with Crippen LogP contribution in [0.1, 0.15) is 49.4 Å². The number of methoxy groups -OCH3 is 1. The number of ether oxygens (including phenoxy) is 3. The lowest BCUT2D eigenvalue weighted by molar-refractivity contribution is -0.384. The number of nitro groups is 1. The van der Waals surface area contributed by atoms with Crippen molar-refractivity contribution in [2.24, 2.45) is 4.99 Å². The maximum Gasteiger partial charge on any atom is 0.338 e. The highest BCUT2D eigenvalue weighted by molar-refractivity contribution is 7.07. The van der Waals surface area contributed by atoms with Gasteiger partial charge in [0.15, 0.2) is 4.80 Å². The summed E-state index contributed by atoms with van der Waals surface area (Å²) in [5.41, 5.74) is 2.55. The molecule has 1 atom stereocenters. The first-order chi connectivity index (χ1) is 21.7. The van der Waals surface area contributed by atoms with E-state index in [-0.39, 0.29) is 30.0 Å². The quantitative estimate of drug-likeness (QED) is 0.116. The molecule has 10 nitrogen and oxygen atoms in total. The van der Waals surface area contributed by atoms with Crippen LogP contribution in [-0.2, 0) is 16.1 Å². The highest BCUT2D eigenvalue weighted by Crippen LogP contribution is 2.38. The molecule has 0 N–H and O–H groups in total. The second kappa shape index (κ2) is 13.9. The monoisotopic (exact) mass is 647 g/mol. The normalized spacial score (nSPS) is 14.5. The molecule has 2 heterocycles. The molecular formula is C33H30ClN3O7S. The molecule has 5 rings (SSSR count). The highest BCUT2D eigenvalue weighted by atomic mass is 35.5. The van der Waals surface area contributed by atoms with Crippen molar-refractivity contribution in [3.63, 3.8) is 0 Å². The molecule has 4 aromatic rings. The molecule has 12 heteroatoms. The predicted molar refractivity (Wildman–Crippen MR) is 172 cm³/mol. The first-order valence-corrected chi connectivity index (χ1v) is 15.4. The number of halogens is 1. The van der Waals surface area contributed by atoms with Gasteiger partial charge in [-0.25, -0.2) is 9.79 Å². The Labute approximate surface area is 267 Å². The van der Waals surface area contributed by atoms with Crippen molar-refractivity contribution in [1.29, 1.82) is 0 Å². The smallest absolute Gasteiger partial charge is 0.338 e. The lowest BCUT2D eigenvalue weighted by atomic mass is 9.93. The van der Waals surface area contributed by atoms with Crippen LogP contribution in [0.5, 0.6) is 11.5 Å². The predicted octanol–water partition coefficient (Wildman–Crippen LogP) is 5.73. The fourth-order valence-corrected chi connectivity index (χ4v) is 6.26. The van der Waals surface area contributed by atoms with Crippen LogP contribution in [0.25, 0.3) is 6.08 Å². The van der Waals surface area contributed by atoms with E-state index in [1.165, 1.54) is 35.1 Å². The van der Waals surface area contributed by atoms with Gasteiger partial charge in [0.1, 0.15) is 24.1 Å². The van der Waals surface area contributed by atoms with E-state index in [0.717, 1.165) is 17.5 Å². The lowest BCUT2D eigenvalue weighted by Crippen LogP contribution is -2.40. The standard InChI is InChI=1S/C33H30ClN3O7S/c1-4-7-26-29(32(39)43-5-2)30(25-18-22(34)12-15-27(25)42-3)36-31(38)28(45-33(36)35-26)17-21-8-6-9-24(16-21)44-19-20-10-13-23(14-11-20)37(40)41/h6,8-18,30H,4-5,7,19H2,1-3H3/b28-17+/t30-/m1/s1. The van der Waals surface area contributed by atoms with Crippen LogP contribution < -0.4 is 24.4 Å². The van der Waals surface area contributed by atoms with Crippen LogP contribution in [0, 0.1) is 10.1 Å². The minimum atomic E-state index is -0.867. The van der Waals surface area contributed by atoms with E-state index in [0.29, 0.717) is 43.5 Å². The van der Waals surface area contributed by atoms with E-state index < -0.39 is 16.9 Å². The molecule has 0 spiro atoms. The van der Waals surface area contributed by atoms with E-state index >= 15 is 0 Å². The largest absolute Gasteiger partial charge is 0.496 e. The second-order valence-electron chi connectivity index (χ2n) is 10.1. The molecule has 45 heavy (non-hydrogen) atoms. The van der Waals surface area contributed by atoms with Crippen molar-refractivity contribution in [2.75, 3.05) is 13.7 Å². The Morgan fingerprint density at radius 2 is 1.91 bits per heavy atom. The Morgan fingerprint density at radius 3 is 2.60 bits per heavy atom. The first-order valence-electron chi connectivity index (χ1n) is 14.3. The van der Waals surface area contributed by atoms with Crippen LogP contribution in [-0.4, -0.2) is 29.2 Å². The molecule has 0 saturated carbocycles. The van der Waals surface area contributed by atoms with Gasteiger partial charge in [-0.15, -0.1) is 0 Å². The third-order valence-corrected chi connectivity index (χ3v) is 8.31. The van der Waals surface area contributed by atoms with Crippen molar-refractivity contribution in [1.82, 2.24) is 4.57 Å². The first kappa shape index (κ1) is 31.7. The number of benzene rings is 3. The maximum absolute atomic E-state index is 14.1. The van der Waals surface area contributed by atoms with Gasteiger partial charge in [-0.3, -0.25) is 19.5 Å². The Balaban J connectivity index is 1.58. The summed E-state index contributed by atoms with van der Waals surface area (Å²) in [6, 6.07) is 17.6. The summed E-state index contributed by atoms with van der Waals surface area (Å²) in [6.45, 7) is 4.09. The molecule has 0 fully saturated rings. The van der Waals surface area contributed by atoms with Crippen molar-refractivity contribution in [2.45, 2.75) is 39.3 Å². The van der Waals surface area contributed by atoms with Crippen molar-refractivity contribution >= 4 is 40.7 Å². The Kier molecular flexibility index (Phi) is 9.80. The summed E-state index contributed by atoms with van der Waals surface area (Å²) < 4.78 is 19.0. The van der Waals surface area contributed by atoms with Gasteiger partial charge in [0.25, 0.3) is 11.2 Å². The van der Waals surface area contributed by atoms with Gasteiger partial charge in [0.05, 0.1) is 34.4 Å². The number of carbonyl (C=O) groups is 1. The third-order valence-electron chi connectivity index (χ3n) is 7.09. The fourth-order valence-electron chi connectivity index (χ4n) is 5.06. The zero-order valence-corrected chi connectivity index (χ0v) is 26.4. The van der Waals surface area contributed by atoms with Gasteiger partial charge >= 0.3 is 5.97 Å². The van der Waals surface area contributed by atoms with E-state index in [2.05, 4.69) is 0 Å². The van der Waals surface area contributed by atoms with Crippen LogP contribution in [0.3, 0.4) is 0 Å². The summed E-state index contributed by atoms with van der Waals surface area (Å²) >= 11 is 7.64. The Bertz CT molecular complexity index is 1970. The third kappa shape index (κ3) is 6.84. The topological polar surface area (TPSA) is 122 Å². The number of fused-ring (bicyclic) bond motifs is 1. The summed E-state index contributed by atoms with van der Waals surface area (Å²) in [7, 11) is 1.52. The summed E-state index contributed by atoms with van der Waals surface area (Å²) in [5.74, 6) is 0.478. The molecular weight excluding hydrogens is 618 g/mol. The number of hydrogen-bond donors (Lipinski definition) is 0. The minimum Gasteiger partial charge on any atom is -0.496 e. The number of hydrogen-bond acceptors (Lipinski definition) is 9. The molecule has 3 aromatic carbocycles. The zero-order chi connectivity index (χ0) is 32.1. The molecule has 0 bridgehead atoms. The summed E-state index contributed by atoms with van der Waals surface area (Å²) in [4.78, 5) is 43.3. The summed E-state index contributed by atoms with van der Waals surface area (Å²) in [5, 5.41) is 11.4. The number of non-ortho nitro benzene ring substituents is 1. The van der Waals surface area contributed by atoms with Gasteiger partial charge in [0.2, 0.25) is 0 Å². The summed E-state index contributed by atoms with van der Waals surface area (Å²) in [6.07, 6.45) is 2.98. The van der Waals surface area contributed by atoms with E-state index in [4.69, 9.17) is 30.8 Å². The molecule has 0 amide bonds. The van der Waals surface area contributed by atoms with E-state index in [9.17, 15) is 19.7 Å². The van der Waals surface area contributed by atoms with Gasteiger partial charge in [0, 0.05) is 22.7 Å². The number of nitrogens with zero attached hydrogens (tertiary/aromatic N) is 3. The second-order valence-corrected chi connectivity index (χ2v) is 11.5. The van der Waals surface area contributed by atoms with Gasteiger partial charge < -0.3 is 14.2 Å². The lowest BCUT2D eigenvalue weighted by Gasteiger charge is -2.27. The van der Waals surface area contributed by atoms with Crippen molar-refractivity contribution in [3.8, 4) is 11.5 Å². The van der Waals surface area contributed by atoms with Crippen LogP contribution in [0.2, 0.25) is 5.02 Å². The van der Waals surface area contributed by atoms with Gasteiger partial charge in [-0.2, -0.15) is 0 Å². The number of aromatic nitrogens is 1. The van der Waals surface area contributed by atoms with E-state index in [1.54, 1.807) is 55.5 Å². The highest BCUT2D eigenvalue weighted by Gasteiger charge is 2.36. The number of thiazole rings is 1. The zero-order valence-electron chi connectivity index (χ0n) is 24.8. The fraction of sp³-hybridized carbons (Fsp3) is 0.242. The molecule has 0 aliphatic carbocycles. The average molecular weight is 648 g/mol. The van der Waals surface area contributed by atoms with E-state index in [1.807, 2.05) is 19.1 Å². The molecule has 0 unspecified atom stereocenters. The number of rotatable bonds is 11. The van der Waals surface area contributed by atoms with Crippen molar-refractivity contribution < 1.29 is 23.9 Å². The molecule has 1 aromatic heterocycles. The Morgan fingerprint density at radius 1 is 1.13 bits per heavy atom. The van der Waals surface area contributed by atoms with Crippen LogP contribution in [0.4, 0.5) is 5.69 Å². The minimum absolute atomic E-state index is 0.00875. The van der Waals surface area contributed by atoms with Gasteiger partial charge in [-0.1, -0.05) is 48.4 Å². The number of carbonyl (C=O) groups excluding carboxylic acids is 1. The number of allylic oxidation sites excluding steroid dienone is 1. The molecule has 0 saturated heterocycles. The van der Waals surface area contributed by atoms with Crippen LogP contribution in [0.15, 0.2) is 87.8 Å². The maximum atomic E-state index is 14.1. The van der Waals surface area contributed by atoms with Crippen molar-refractivity contribution in [3.05, 3.63) is 130 Å². The number of esters is 1. The molecule has 1 aliphatic rings. The molecule has 0 radical (unpaired) electrons. The number of nitro benzene ring substituents is 1. The van der Waals surface area contributed by atoms with Crippen LogP contribution >= 0.6 is 22.9 Å². The SMILES string of the molecule is CCCC1=C(C(=O)OCC)[C@@H](c2cc(Cl)ccc2OC)n2c(s/c(=C/c3cccc(OCc4ccc([N+](=O)[O-])cc4)c3)c2=O)=N1.